The van der Waals surface area contributed by atoms with Crippen LogP contribution < -0.4 is 5.32 Å². The molecule has 0 radical (unpaired) electrons. The number of aromatic nitrogens is 2. The number of benzene rings is 2. The molecule has 0 aliphatic rings. The van der Waals surface area contributed by atoms with Crippen molar-refractivity contribution in [3.8, 4) is 5.69 Å². The Morgan fingerprint density at radius 1 is 1.00 bits per heavy atom. The van der Waals surface area contributed by atoms with E-state index >= 15 is 0 Å². The van der Waals surface area contributed by atoms with Gasteiger partial charge in [-0.1, -0.05) is 36.4 Å². The van der Waals surface area contributed by atoms with Gasteiger partial charge in [0.2, 0.25) is 15.0 Å². The van der Waals surface area contributed by atoms with Gasteiger partial charge in [0.15, 0.2) is 0 Å². The predicted octanol–water partition coefficient (Wildman–Crippen LogP) is 2.42. The second-order valence-electron chi connectivity index (χ2n) is 5.07. The van der Waals surface area contributed by atoms with Gasteiger partial charge in [0.1, 0.15) is 0 Å². The first-order chi connectivity index (χ1) is 11.1. The zero-order chi connectivity index (χ0) is 16.3. The Kier molecular flexibility index (Phi) is 4.27. The first-order valence-corrected chi connectivity index (χ1v) is 8.69. The molecule has 118 valence electrons. The number of rotatable bonds is 5. The van der Waals surface area contributed by atoms with Crippen molar-refractivity contribution in [1.29, 1.82) is 0 Å². The Bertz CT molecular complexity index is 888. The van der Waals surface area contributed by atoms with Crippen molar-refractivity contribution in [3.63, 3.8) is 0 Å². The molecule has 0 unspecified atom stereocenters. The zero-order valence-corrected chi connectivity index (χ0v) is 13.5. The van der Waals surface area contributed by atoms with Crippen molar-refractivity contribution in [2.45, 2.75) is 16.6 Å². The van der Waals surface area contributed by atoms with Gasteiger partial charge in [-0.05, 0) is 31.3 Å². The van der Waals surface area contributed by atoms with Crippen molar-refractivity contribution < 1.29 is 8.42 Å². The molecule has 1 N–H and O–H groups in total. The Morgan fingerprint density at radius 2 is 1.61 bits per heavy atom. The Morgan fingerprint density at radius 3 is 2.22 bits per heavy atom. The fourth-order valence-corrected chi connectivity index (χ4v) is 3.73. The molecule has 1 aromatic heterocycles. The van der Waals surface area contributed by atoms with Gasteiger partial charge in [-0.25, -0.2) is 13.4 Å². The lowest BCUT2D eigenvalue weighted by Gasteiger charge is -2.08. The third-order valence-electron chi connectivity index (χ3n) is 3.41. The van der Waals surface area contributed by atoms with Crippen LogP contribution in [0.1, 0.15) is 5.69 Å². The molecular weight excluding hydrogens is 310 g/mol. The third-order valence-corrected chi connectivity index (χ3v) is 5.07. The Hall–Kier alpha value is -2.44. The first-order valence-electron chi connectivity index (χ1n) is 7.21. The van der Waals surface area contributed by atoms with Crippen molar-refractivity contribution in [3.05, 3.63) is 72.6 Å². The second-order valence-corrected chi connectivity index (χ2v) is 6.91. The van der Waals surface area contributed by atoms with Gasteiger partial charge < -0.3 is 5.32 Å². The van der Waals surface area contributed by atoms with Crippen LogP contribution in [0.2, 0.25) is 0 Å². The average Bonchev–Trinajstić information content (AvgIpc) is 3.02. The summed E-state index contributed by atoms with van der Waals surface area (Å²) in [6.07, 6.45) is 1.75. The van der Waals surface area contributed by atoms with Crippen molar-refractivity contribution in [1.82, 2.24) is 14.9 Å². The number of nitrogens with zero attached hydrogens (tertiary/aromatic N) is 2. The molecule has 0 bridgehead atoms. The maximum absolute atomic E-state index is 12.9. The molecule has 3 rings (SSSR count). The van der Waals surface area contributed by atoms with E-state index in [-0.39, 0.29) is 10.1 Å². The van der Waals surface area contributed by atoms with Crippen LogP contribution >= 0.6 is 0 Å². The van der Waals surface area contributed by atoms with Crippen molar-refractivity contribution in [2.75, 3.05) is 7.05 Å². The molecule has 1 heterocycles. The molecule has 0 amide bonds. The van der Waals surface area contributed by atoms with Crippen LogP contribution in [0.3, 0.4) is 0 Å². The van der Waals surface area contributed by atoms with Crippen LogP contribution in [-0.2, 0) is 16.4 Å². The van der Waals surface area contributed by atoms with Crippen molar-refractivity contribution in [2.24, 2.45) is 0 Å². The summed E-state index contributed by atoms with van der Waals surface area (Å²) >= 11 is 0. The molecule has 2 aromatic carbocycles. The number of hydrogen-bond acceptors (Lipinski definition) is 4. The maximum Gasteiger partial charge on any atom is 0.240 e. The summed E-state index contributed by atoms with van der Waals surface area (Å²) in [7, 11) is -1.89. The van der Waals surface area contributed by atoms with E-state index in [1.54, 1.807) is 48.1 Å². The van der Waals surface area contributed by atoms with Gasteiger partial charge in [0.05, 0.1) is 10.6 Å². The summed E-state index contributed by atoms with van der Waals surface area (Å²) in [6.45, 7) is 0.497. The summed E-state index contributed by atoms with van der Waals surface area (Å²) in [6, 6.07) is 17.7. The average molecular weight is 327 g/mol. The molecule has 23 heavy (non-hydrogen) atoms. The fraction of sp³-hybridized carbons (Fsp3) is 0.118. The third kappa shape index (κ3) is 3.04. The first kappa shape index (κ1) is 15.5. The van der Waals surface area contributed by atoms with E-state index < -0.39 is 9.84 Å². The minimum atomic E-state index is -3.69. The van der Waals surface area contributed by atoms with Gasteiger partial charge in [-0.3, -0.25) is 4.57 Å². The topological polar surface area (TPSA) is 64.0 Å². The zero-order valence-electron chi connectivity index (χ0n) is 12.7. The molecule has 0 saturated heterocycles. The molecule has 6 heteroatoms. The van der Waals surface area contributed by atoms with E-state index in [9.17, 15) is 8.42 Å². The van der Waals surface area contributed by atoms with Gasteiger partial charge in [-0.15, -0.1) is 0 Å². The smallest absolute Gasteiger partial charge is 0.240 e. The summed E-state index contributed by atoms with van der Waals surface area (Å²) in [5.74, 6) is 0. The molecule has 3 aromatic rings. The van der Waals surface area contributed by atoms with Crippen molar-refractivity contribution >= 4 is 9.84 Å². The molecule has 5 nitrogen and oxygen atoms in total. The van der Waals surface area contributed by atoms with Gasteiger partial charge in [0, 0.05) is 18.4 Å². The highest BCUT2D eigenvalue weighted by molar-refractivity contribution is 7.91. The maximum atomic E-state index is 12.9. The number of sulfone groups is 1. The fourth-order valence-electron chi connectivity index (χ4n) is 2.34. The SMILES string of the molecule is CNCc1cn(-c2ccccc2)c(S(=O)(=O)c2ccccc2)n1. The van der Waals surface area contributed by atoms with Crippen LogP contribution in [0.5, 0.6) is 0 Å². The van der Waals surface area contributed by atoms with Gasteiger partial charge >= 0.3 is 0 Å². The lowest BCUT2D eigenvalue weighted by Crippen LogP contribution is -2.10. The standard InChI is InChI=1S/C17H17N3O2S/c1-18-12-14-13-20(15-8-4-2-5-9-15)17(19-14)23(21,22)16-10-6-3-7-11-16/h2-11,13,18H,12H2,1H3. The predicted molar refractivity (Wildman–Crippen MR) is 88.2 cm³/mol. The van der Waals surface area contributed by atoms with Gasteiger partial charge in [-0.2, -0.15) is 0 Å². The van der Waals surface area contributed by atoms with Crippen LogP contribution in [0.4, 0.5) is 0 Å². The van der Waals surface area contributed by atoms with Crippen LogP contribution in [0.25, 0.3) is 5.69 Å². The summed E-state index contributed by atoms with van der Waals surface area (Å²) in [5.41, 5.74) is 1.43. The van der Waals surface area contributed by atoms with E-state index in [1.165, 1.54) is 0 Å². The monoisotopic (exact) mass is 327 g/mol. The van der Waals surface area contributed by atoms with E-state index in [2.05, 4.69) is 10.3 Å². The second kappa shape index (κ2) is 6.36. The summed E-state index contributed by atoms with van der Waals surface area (Å²) in [5, 5.41) is 3.02. The van der Waals surface area contributed by atoms with E-state index in [0.717, 1.165) is 5.69 Å². The number of imidazole rings is 1. The molecule has 0 spiro atoms. The minimum Gasteiger partial charge on any atom is -0.314 e. The lowest BCUT2D eigenvalue weighted by atomic mass is 10.3. The largest absolute Gasteiger partial charge is 0.314 e. The Balaban J connectivity index is 2.19. The molecule has 0 fully saturated rings. The molecule has 0 atom stereocenters. The molecular formula is C17H17N3O2S. The van der Waals surface area contributed by atoms with Crippen LogP contribution in [0, 0.1) is 0 Å². The van der Waals surface area contributed by atoms with E-state index in [0.29, 0.717) is 12.2 Å². The summed E-state index contributed by atoms with van der Waals surface area (Å²) in [4.78, 5) is 4.57. The lowest BCUT2D eigenvalue weighted by molar-refractivity contribution is 0.583. The normalized spacial score (nSPS) is 11.5. The molecule has 0 aliphatic carbocycles. The number of hydrogen-bond donors (Lipinski definition) is 1. The minimum absolute atomic E-state index is 0.0279. The van der Waals surface area contributed by atoms with E-state index in [4.69, 9.17) is 0 Å². The van der Waals surface area contributed by atoms with Crippen LogP contribution in [0.15, 0.2) is 76.9 Å². The number of para-hydroxylation sites is 1. The van der Waals surface area contributed by atoms with Crippen LogP contribution in [-0.4, -0.2) is 25.0 Å². The van der Waals surface area contributed by atoms with Gasteiger partial charge in [0.25, 0.3) is 0 Å². The Labute approximate surface area is 135 Å². The highest BCUT2D eigenvalue weighted by Crippen LogP contribution is 2.23. The van der Waals surface area contributed by atoms with E-state index in [1.807, 2.05) is 30.3 Å². The summed E-state index contributed by atoms with van der Waals surface area (Å²) < 4.78 is 27.5. The highest BCUT2D eigenvalue weighted by atomic mass is 32.2. The highest BCUT2D eigenvalue weighted by Gasteiger charge is 2.25. The quantitative estimate of drug-likeness (QED) is 0.782. The molecule has 0 saturated carbocycles. The number of nitrogens with one attached hydrogen (secondary N) is 1. The molecule has 0 aliphatic heterocycles.